The molecule has 1 aliphatic rings. The van der Waals surface area contributed by atoms with Crippen LogP contribution in [0.2, 0.25) is 0 Å². The summed E-state index contributed by atoms with van der Waals surface area (Å²) in [6, 6.07) is 14.1. The first-order valence-corrected chi connectivity index (χ1v) is 8.44. The molecule has 4 nitrogen and oxygen atoms in total. The largest absolute Gasteiger partial charge is 0.343 e. The lowest BCUT2D eigenvalue weighted by Crippen LogP contribution is -2.27. The van der Waals surface area contributed by atoms with Crippen LogP contribution in [0.1, 0.15) is 12.5 Å². The molecule has 2 aromatic rings. The molecule has 26 heavy (non-hydrogen) atoms. The van der Waals surface area contributed by atoms with E-state index in [9.17, 15) is 9.18 Å². The standard InChI is InChI=1S/C21H22FN3O/c1-15-11-12-25(14-20(15)16-7-9-17(22)10-8-16)19-6-4-5-18(13-19)23-21(26)24(2)3/h4-11,13-14H,12H2,1-3H3,(H,23,26). The molecule has 0 bridgehead atoms. The number of amides is 2. The highest BCUT2D eigenvalue weighted by atomic mass is 19.1. The van der Waals surface area contributed by atoms with Gasteiger partial charge in [-0.2, -0.15) is 0 Å². The van der Waals surface area contributed by atoms with Gasteiger partial charge in [-0.1, -0.05) is 24.3 Å². The number of hydrogen-bond acceptors (Lipinski definition) is 2. The van der Waals surface area contributed by atoms with Crippen molar-refractivity contribution in [3.63, 3.8) is 0 Å². The maximum absolute atomic E-state index is 13.2. The zero-order valence-electron chi connectivity index (χ0n) is 15.2. The molecule has 0 unspecified atom stereocenters. The fourth-order valence-corrected chi connectivity index (χ4v) is 2.76. The normalized spacial score (nSPS) is 13.8. The van der Waals surface area contributed by atoms with E-state index in [-0.39, 0.29) is 11.8 Å². The average molecular weight is 351 g/mol. The Morgan fingerprint density at radius 2 is 1.88 bits per heavy atom. The number of nitrogens with zero attached hydrogens (tertiary/aromatic N) is 2. The van der Waals surface area contributed by atoms with E-state index in [1.165, 1.54) is 17.0 Å². The maximum atomic E-state index is 13.2. The molecule has 1 heterocycles. The molecule has 0 atom stereocenters. The summed E-state index contributed by atoms with van der Waals surface area (Å²) in [7, 11) is 3.41. The van der Waals surface area contributed by atoms with Gasteiger partial charge in [0.05, 0.1) is 0 Å². The summed E-state index contributed by atoms with van der Waals surface area (Å²) in [5, 5.41) is 2.86. The summed E-state index contributed by atoms with van der Waals surface area (Å²) in [6.07, 6.45) is 4.21. The third-order valence-electron chi connectivity index (χ3n) is 4.29. The molecule has 0 spiro atoms. The van der Waals surface area contributed by atoms with Crippen LogP contribution >= 0.6 is 0 Å². The Labute approximate surface area is 153 Å². The fourth-order valence-electron chi connectivity index (χ4n) is 2.76. The molecule has 134 valence electrons. The van der Waals surface area contributed by atoms with Crippen molar-refractivity contribution >= 4 is 23.0 Å². The third kappa shape index (κ3) is 3.94. The highest BCUT2D eigenvalue weighted by molar-refractivity contribution is 5.90. The number of carbonyl (C=O) groups excluding carboxylic acids is 1. The second kappa shape index (κ2) is 7.44. The zero-order chi connectivity index (χ0) is 18.7. The molecule has 3 rings (SSSR count). The van der Waals surface area contributed by atoms with E-state index in [0.29, 0.717) is 0 Å². The zero-order valence-corrected chi connectivity index (χ0v) is 15.2. The van der Waals surface area contributed by atoms with Gasteiger partial charge in [0.25, 0.3) is 0 Å². The minimum Gasteiger partial charge on any atom is -0.343 e. The summed E-state index contributed by atoms with van der Waals surface area (Å²) in [5.41, 5.74) is 4.90. The molecule has 0 radical (unpaired) electrons. The lowest BCUT2D eigenvalue weighted by atomic mass is 9.97. The first-order valence-electron chi connectivity index (χ1n) is 8.44. The molecule has 1 aliphatic heterocycles. The van der Waals surface area contributed by atoms with Crippen molar-refractivity contribution in [1.82, 2.24) is 4.90 Å². The number of urea groups is 1. The Hall–Kier alpha value is -3.08. The van der Waals surface area contributed by atoms with E-state index in [4.69, 9.17) is 0 Å². The van der Waals surface area contributed by atoms with Gasteiger partial charge in [0.2, 0.25) is 0 Å². The lowest BCUT2D eigenvalue weighted by Gasteiger charge is -2.26. The Balaban J connectivity index is 1.87. The van der Waals surface area contributed by atoms with Crippen LogP contribution in [0.5, 0.6) is 0 Å². The molecule has 0 saturated carbocycles. The third-order valence-corrected chi connectivity index (χ3v) is 4.29. The lowest BCUT2D eigenvalue weighted by molar-refractivity contribution is 0.230. The molecule has 5 heteroatoms. The highest BCUT2D eigenvalue weighted by Gasteiger charge is 2.14. The van der Waals surface area contributed by atoms with Crippen molar-refractivity contribution in [1.29, 1.82) is 0 Å². The van der Waals surface area contributed by atoms with Crippen LogP contribution in [-0.2, 0) is 0 Å². The Bertz CT molecular complexity index is 869. The van der Waals surface area contributed by atoms with Gasteiger partial charge in [-0.3, -0.25) is 0 Å². The van der Waals surface area contributed by atoms with E-state index < -0.39 is 0 Å². The van der Waals surface area contributed by atoms with E-state index in [1.54, 1.807) is 26.2 Å². The van der Waals surface area contributed by atoms with Crippen LogP contribution in [0.25, 0.3) is 5.57 Å². The van der Waals surface area contributed by atoms with E-state index in [0.717, 1.165) is 34.6 Å². The predicted octanol–water partition coefficient (Wildman–Crippen LogP) is 4.73. The van der Waals surface area contributed by atoms with Gasteiger partial charge in [-0.05, 0) is 48.4 Å². The Morgan fingerprint density at radius 1 is 1.15 bits per heavy atom. The predicted molar refractivity (Wildman–Crippen MR) is 105 cm³/mol. The van der Waals surface area contributed by atoms with Crippen LogP contribution in [0, 0.1) is 5.82 Å². The van der Waals surface area contributed by atoms with Crippen molar-refractivity contribution < 1.29 is 9.18 Å². The molecule has 2 aromatic carbocycles. The molecule has 0 fully saturated rings. The molecule has 2 amide bonds. The van der Waals surface area contributed by atoms with E-state index >= 15 is 0 Å². The number of rotatable bonds is 3. The molecule has 0 saturated heterocycles. The second-order valence-corrected chi connectivity index (χ2v) is 6.46. The van der Waals surface area contributed by atoms with Gasteiger partial charge in [0, 0.05) is 43.8 Å². The van der Waals surface area contributed by atoms with Gasteiger partial charge in [0.15, 0.2) is 0 Å². The van der Waals surface area contributed by atoms with Crippen LogP contribution in [-0.4, -0.2) is 31.6 Å². The number of carbonyl (C=O) groups is 1. The summed E-state index contributed by atoms with van der Waals surface area (Å²) in [6.45, 7) is 2.79. The van der Waals surface area contributed by atoms with E-state index in [2.05, 4.69) is 29.4 Å². The molecule has 1 N–H and O–H groups in total. The maximum Gasteiger partial charge on any atom is 0.321 e. The van der Waals surface area contributed by atoms with Crippen LogP contribution in [0.4, 0.5) is 20.6 Å². The van der Waals surface area contributed by atoms with Gasteiger partial charge in [0.1, 0.15) is 5.82 Å². The highest BCUT2D eigenvalue weighted by Crippen LogP contribution is 2.30. The average Bonchev–Trinajstić information content (AvgIpc) is 2.63. The van der Waals surface area contributed by atoms with Gasteiger partial charge in [-0.25, -0.2) is 9.18 Å². The van der Waals surface area contributed by atoms with Crippen molar-refractivity contribution in [2.75, 3.05) is 30.9 Å². The number of allylic oxidation sites excluding steroid dienone is 2. The van der Waals surface area contributed by atoms with Crippen LogP contribution < -0.4 is 10.2 Å². The summed E-state index contributed by atoms with van der Waals surface area (Å²) in [5.74, 6) is -0.243. The molecule has 0 aliphatic carbocycles. The topological polar surface area (TPSA) is 35.6 Å². The van der Waals surface area contributed by atoms with Crippen molar-refractivity contribution in [2.24, 2.45) is 0 Å². The quantitative estimate of drug-likeness (QED) is 0.868. The van der Waals surface area contributed by atoms with Crippen molar-refractivity contribution in [3.8, 4) is 0 Å². The second-order valence-electron chi connectivity index (χ2n) is 6.46. The minimum atomic E-state index is -0.243. The first kappa shape index (κ1) is 17.7. The summed E-state index contributed by atoms with van der Waals surface area (Å²) in [4.78, 5) is 15.5. The van der Waals surface area contributed by atoms with Crippen LogP contribution in [0.3, 0.4) is 0 Å². The van der Waals surface area contributed by atoms with Crippen LogP contribution in [0.15, 0.2) is 66.4 Å². The molecular formula is C21H22FN3O. The Morgan fingerprint density at radius 3 is 2.58 bits per heavy atom. The Kier molecular flexibility index (Phi) is 5.07. The van der Waals surface area contributed by atoms with Crippen molar-refractivity contribution in [2.45, 2.75) is 6.92 Å². The van der Waals surface area contributed by atoms with Gasteiger partial charge < -0.3 is 15.1 Å². The minimum absolute atomic E-state index is 0.168. The van der Waals surface area contributed by atoms with Gasteiger partial charge >= 0.3 is 6.03 Å². The number of anilines is 2. The summed E-state index contributed by atoms with van der Waals surface area (Å²) >= 11 is 0. The monoisotopic (exact) mass is 351 g/mol. The SMILES string of the molecule is CC1=CCN(c2cccc(NC(=O)N(C)C)c2)C=C1c1ccc(F)cc1. The number of halogens is 1. The smallest absolute Gasteiger partial charge is 0.321 e. The van der Waals surface area contributed by atoms with Gasteiger partial charge in [-0.15, -0.1) is 0 Å². The van der Waals surface area contributed by atoms with Crippen molar-refractivity contribution in [3.05, 3.63) is 77.8 Å². The number of hydrogen-bond donors (Lipinski definition) is 1. The number of benzene rings is 2. The molecular weight excluding hydrogens is 329 g/mol. The van der Waals surface area contributed by atoms with E-state index in [1.807, 2.05) is 24.3 Å². The summed E-state index contributed by atoms with van der Waals surface area (Å²) < 4.78 is 13.2. The number of nitrogens with one attached hydrogen (secondary N) is 1. The first-order chi connectivity index (χ1) is 12.4. The molecule has 0 aromatic heterocycles. The fraction of sp³-hybridized carbons (Fsp3) is 0.190.